The molecule has 34 heavy (non-hydrogen) atoms. The highest BCUT2D eigenvalue weighted by Crippen LogP contribution is 2.39. The molecule has 2 heterocycles. The van der Waals surface area contributed by atoms with Gasteiger partial charge in [-0.3, -0.25) is 0 Å². The van der Waals surface area contributed by atoms with Gasteiger partial charge in [0.05, 0.1) is 5.57 Å². The van der Waals surface area contributed by atoms with E-state index < -0.39 is 6.04 Å². The van der Waals surface area contributed by atoms with Crippen LogP contribution in [0.1, 0.15) is 61.8 Å². The summed E-state index contributed by atoms with van der Waals surface area (Å²) >= 11 is 0. The van der Waals surface area contributed by atoms with Gasteiger partial charge in [-0.25, -0.2) is 4.79 Å². The van der Waals surface area contributed by atoms with Gasteiger partial charge in [0.15, 0.2) is 0 Å². The van der Waals surface area contributed by atoms with Crippen molar-refractivity contribution in [1.82, 2.24) is 20.2 Å². The van der Waals surface area contributed by atoms with Crippen LogP contribution in [0.25, 0.3) is 0 Å². The second kappa shape index (κ2) is 9.67. The van der Waals surface area contributed by atoms with Gasteiger partial charge in [0.25, 0.3) is 0 Å². The number of carbonyl (C=O) groups excluding carboxylic acids is 1. The second-order valence-corrected chi connectivity index (χ2v) is 8.93. The van der Waals surface area contributed by atoms with Crippen LogP contribution in [0.15, 0.2) is 59.8 Å². The van der Waals surface area contributed by atoms with Gasteiger partial charge in [0.2, 0.25) is 5.95 Å². The number of fused-ring (bicyclic) bond motifs is 1. The molecule has 5 rings (SSSR count). The number of hydrogen-bond donors (Lipinski definition) is 1. The van der Waals surface area contributed by atoms with Gasteiger partial charge in [-0.1, -0.05) is 54.0 Å². The van der Waals surface area contributed by atoms with Crippen LogP contribution >= 0.6 is 0 Å². The lowest BCUT2D eigenvalue weighted by molar-refractivity contribution is -0.146. The number of nitrogens with zero attached hydrogens (tertiary/aromatic N) is 4. The number of allylic oxidation sites excluding steroid dienone is 1. The summed E-state index contributed by atoms with van der Waals surface area (Å²) in [5, 5.41) is 15.3. The molecule has 1 unspecified atom stereocenters. The molecule has 8 nitrogen and oxygen atoms in total. The van der Waals surface area contributed by atoms with Gasteiger partial charge >= 0.3 is 5.97 Å². The Morgan fingerprint density at radius 1 is 1.06 bits per heavy atom. The van der Waals surface area contributed by atoms with Crippen molar-refractivity contribution in [3.63, 3.8) is 0 Å². The predicted molar refractivity (Wildman–Crippen MR) is 127 cm³/mol. The summed E-state index contributed by atoms with van der Waals surface area (Å²) in [5.74, 6) is 0.817. The van der Waals surface area contributed by atoms with Crippen molar-refractivity contribution in [2.75, 3.05) is 5.32 Å². The zero-order valence-electron chi connectivity index (χ0n) is 19.5. The lowest BCUT2D eigenvalue weighted by atomic mass is 9.94. The van der Waals surface area contributed by atoms with Crippen LogP contribution in [0.4, 0.5) is 5.95 Å². The van der Waals surface area contributed by atoms with Gasteiger partial charge in [-0.2, -0.15) is 4.68 Å². The number of benzene rings is 2. The molecule has 0 saturated heterocycles. The number of hydrogen-bond acceptors (Lipinski definition) is 7. The van der Waals surface area contributed by atoms with E-state index in [1.165, 1.54) is 6.42 Å². The van der Waals surface area contributed by atoms with Crippen LogP contribution < -0.4 is 10.1 Å². The van der Waals surface area contributed by atoms with Crippen LogP contribution in [0.3, 0.4) is 0 Å². The smallest absolute Gasteiger partial charge is 0.338 e. The average molecular weight is 460 g/mol. The van der Waals surface area contributed by atoms with Gasteiger partial charge in [0.1, 0.15) is 24.5 Å². The first-order valence-corrected chi connectivity index (χ1v) is 11.8. The Morgan fingerprint density at radius 3 is 2.65 bits per heavy atom. The Hall–Kier alpha value is -3.68. The highest BCUT2D eigenvalue weighted by molar-refractivity contribution is 5.92. The van der Waals surface area contributed by atoms with E-state index in [-0.39, 0.29) is 12.1 Å². The van der Waals surface area contributed by atoms with Gasteiger partial charge in [-0.15, -0.1) is 0 Å². The maximum absolute atomic E-state index is 13.5. The lowest BCUT2D eigenvalue weighted by Crippen LogP contribution is -2.32. The minimum Gasteiger partial charge on any atom is -0.489 e. The molecule has 1 aliphatic heterocycles. The molecule has 0 radical (unpaired) electrons. The first-order chi connectivity index (χ1) is 16.6. The third-order valence-electron chi connectivity index (χ3n) is 6.62. The molecule has 1 aliphatic carbocycles. The number of nitrogens with one attached hydrogen (secondary N) is 1. The third kappa shape index (κ3) is 4.40. The van der Waals surface area contributed by atoms with Gasteiger partial charge < -0.3 is 14.8 Å². The van der Waals surface area contributed by atoms with E-state index >= 15 is 0 Å². The molecule has 176 valence electrons. The Bertz CT molecular complexity index is 1210. The average Bonchev–Trinajstić information content (AvgIpc) is 3.31. The molecule has 0 spiro atoms. The van der Waals surface area contributed by atoms with Crippen molar-refractivity contribution < 1.29 is 14.3 Å². The Kier molecular flexibility index (Phi) is 6.29. The van der Waals surface area contributed by atoms with E-state index in [4.69, 9.17) is 9.47 Å². The van der Waals surface area contributed by atoms with Crippen molar-refractivity contribution in [1.29, 1.82) is 0 Å². The lowest BCUT2D eigenvalue weighted by Gasteiger charge is -2.30. The fraction of sp³-hybridized carbons (Fsp3) is 0.385. The van der Waals surface area contributed by atoms with E-state index in [2.05, 4.69) is 39.9 Å². The van der Waals surface area contributed by atoms with E-state index in [0.29, 0.717) is 29.6 Å². The molecule has 0 amide bonds. The Labute approximate surface area is 199 Å². The number of aromatic nitrogens is 4. The van der Waals surface area contributed by atoms with Gasteiger partial charge in [0, 0.05) is 11.3 Å². The topological polar surface area (TPSA) is 91.2 Å². The standard InChI is InChI=1S/C26H29N5O3/c1-17-10-6-7-11-19(17)16-33-22-15-9-8-14-21(22)24-23(18(2)27-26-28-29-30-31(24)26)25(32)34-20-12-4-3-5-13-20/h6-11,14-15,20,24H,3-5,12-13,16H2,1-2H3,(H,27,28,30). The molecule has 2 aromatic carbocycles. The summed E-state index contributed by atoms with van der Waals surface area (Å²) in [5.41, 5.74) is 4.26. The third-order valence-corrected chi connectivity index (χ3v) is 6.62. The molecule has 1 fully saturated rings. The van der Waals surface area contributed by atoms with Crippen molar-refractivity contribution in [3.05, 3.63) is 76.5 Å². The maximum Gasteiger partial charge on any atom is 0.338 e. The number of para-hydroxylation sites is 1. The quantitative estimate of drug-likeness (QED) is 0.533. The minimum absolute atomic E-state index is 0.0509. The van der Waals surface area contributed by atoms with Crippen molar-refractivity contribution in [2.45, 2.75) is 64.7 Å². The van der Waals surface area contributed by atoms with Crippen LogP contribution in [-0.2, 0) is 16.1 Å². The molecular formula is C26H29N5O3. The summed E-state index contributed by atoms with van der Waals surface area (Å²) in [6.45, 7) is 4.34. The van der Waals surface area contributed by atoms with Crippen LogP contribution in [0, 0.1) is 6.92 Å². The molecule has 1 saturated carbocycles. The first-order valence-electron chi connectivity index (χ1n) is 11.8. The first kappa shape index (κ1) is 22.1. The number of rotatable bonds is 6. The van der Waals surface area contributed by atoms with Crippen molar-refractivity contribution in [3.8, 4) is 5.75 Å². The second-order valence-electron chi connectivity index (χ2n) is 8.93. The van der Waals surface area contributed by atoms with E-state index in [9.17, 15) is 4.79 Å². The van der Waals surface area contributed by atoms with Crippen molar-refractivity contribution in [2.24, 2.45) is 0 Å². The molecule has 8 heteroatoms. The summed E-state index contributed by atoms with van der Waals surface area (Å²) in [6, 6.07) is 15.3. The Balaban J connectivity index is 1.49. The molecule has 2 aliphatic rings. The van der Waals surface area contributed by atoms with E-state index in [1.807, 2.05) is 43.3 Å². The Morgan fingerprint density at radius 2 is 1.82 bits per heavy atom. The summed E-state index contributed by atoms with van der Waals surface area (Å²) in [7, 11) is 0. The van der Waals surface area contributed by atoms with Crippen LogP contribution in [0.2, 0.25) is 0 Å². The fourth-order valence-electron chi connectivity index (χ4n) is 4.73. The number of tetrazole rings is 1. The molecule has 1 aromatic heterocycles. The zero-order chi connectivity index (χ0) is 23.5. The molecule has 0 bridgehead atoms. The van der Waals surface area contributed by atoms with Crippen LogP contribution in [0.5, 0.6) is 5.75 Å². The zero-order valence-corrected chi connectivity index (χ0v) is 19.5. The largest absolute Gasteiger partial charge is 0.489 e. The maximum atomic E-state index is 13.5. The number of esters is 1. The van der Waals surface area contributed by atoms with Gasteiger partial charge in [-0.05, 0) is 67.2 Å². The monoisotopic (exact) mass is 459 g/mol. The number of aryl methyl sites for hydroxylation is 1. The molecule has 1 atom stereocenters. The SMILES string of the molecule is CC1=C(C(=O)OC2CCCCC2)C(c2ccccc2OCc2ccccc2C)n2nnnc2N1. The summed E-state index contributed by atoms with van der Waals surface area (Å²) in [4.78, 5) is 13.5. The summed E-state index contributed by atoms with van der Waals surface area (Å²) < 4.78 is 13.9. The normalized spacial score (nSPS) is 18.2. The van der Waals surface area contributed by atoms with Crippen LogP contribution in [-0.4, -0.2) is 32.3 Å². The number of carbonyl (C=O) groups is 1. The van der Waals surface area contributed by atoms with E-state index in [1.54, 1.807) is 4.68 Å². The summed E-state index contributed by atoms with van der Waals surface area (Å²) in [6.07, 6.45) is 5.13. The van der Waals surface area contributed by atoms with E-state index in [0.717, 1.165) is 42.4 Å². The molecule has 3 aromatic rings. The molecule has 1 N–H and O–H groups in total. The van der Waals surface area contributed by atoms with Crippen molar-refractivity contribution >= 4 is 11.9 Å². The highest BCUT2D eigenvalue weighted by Gasteiger charge is 2.37. The molecular weight excluding hydrogens is 430 g/mol. The predicted octanol–water partition coefficient (Wildman–Crippen LogP) is 4.73. The number of anilines is 1. The highest BCUT2D eigenvalue weighted by atomic mass is 16.5. The number of ether oxygens (including phenoxy) is 2. The minimum atomic E-state index is -0.560. The fourth-order valence-corrected chi connectivity index (χ4v) is 4.73.